The van der Waals surface area contributed by atoms with E-state index in [4.69, 9.17) is 0 Å². The highest BCUT2D eigenvalue weighted by atomic mass is 32.2. The van der Waals surface area contributed by atoms with E-state index < -0.39 is 15.6 Å². The number of aliphatic hydroxyl groups is 1. The summed E-state index contributed by atoms with van der Waals surface area (Å²) in [6.07, 6.45) is 1.98. The predicted molar refractivity (Wildman–Crippen MR) is 67.8 cm³/mol. The van der Waals surface area contributed by atoms with Crippen LogP contribution in [0.5, 0.6) is 0 Å². The van der Waals surface area contributed by atoms with Crippen molar-refractivity contribution in [3.63, 3.8) is 0 Å². The van der Waals surface area contributed by atoms with Crippen LogP contribution in [0.25, 0.3) is 0 Å². The van der Waals surface area contributed by atoms with Crippen molar-refractivity contribution in [1.29, 1.82) is 0 Å². The molecule has 1 aliphatic heterocycles. The second-order valence-electron chi connectivity index (χ2n) is 4.69. The van der Waals surface area contributed by atoms with Gasteiger partial charge in [0.2, 0.25) is 10.0 Å². The van der Waals surface area contributed by atoms with Gasteiger partial charge in [-0.25, -0.2) is 13.4 Å². The molecule has 18 heavy (non-hydrogen) atoms. The first-order valence-electron chi connectivity index (χ1n) is 5.72. The lowest BCUT2D eigenvalue weighted by atomic mass is 10.1. The Labute approximate surface area is 107 Å². The highest BCUT2D eigenvalue weighted by Crippen LogP contribution is 2.29. The van der Waals surface area contributed by atoms with Crippen molar-refractivity contribution in [2.24, 2.45) is 0 Å². The van der Waals surface area contributed by atoms with E-state index in [0.29, 0.717) is 18.8 Å². The van der Waals surface area contributed by atoms with E-state index >= 15 is 0 Å². The van der Waals surface area contributed by atoms with Gasteiger partial charge in [0.05, 0.1) is 5.60 Å². The van der Waals surface area contributed by atoms with Gasteiger partial charge in [0.25, 0.3) is 0 Å². The molecule has 1 saturated heterocycles. The molecule has 0 aromatic carbocycles. The summed E-state index contributed by atoms with van der Waals surface area (Å²) in [6, 6.07) is 3.10. The molecule has 1 unspecified atom stereocenters. The van der Waals surface area contributed by atoms with E-state index in [1.807, 2.05) is 0 Å². The zero-order valence-electron chi connectivity index (χ0n) is 10.4. The molecule has 2 rings (SSSR count). The zero-order chi connectivity index (χ0) is 13.4. The van der Waals surface area contributed by atoms with Crippen molar-refractivity contribution < 1.29 is 13.5 Å². The number of hydrogen-bond donors (Lipinski definition) is 2. The molecule has 0 saturated carbocycles. The number of aromatic nitrogens is 1. The van der Waals surface area contributed by atoms with Gasteiger partial charge in [0.15, 0.2) is 0 Å². The molecule has 1 aromatic rings. The lowest BCUT2D eigenvalue weighted by molar-refractivity contribution is 0.0762. The minimum atomic E-state index is -3.60. The molecule has 1 aromatic heterocycles. The lowest BCUT2D eigenvalue weighted by Gasteiger charge is -2.19. The minimum absolute atomic E-state index is 0.118. The molecular weight excluding hydrogens is 254 g/mol. The summed E-state index contributed by atoms with van der Waals surface area (Å²) < 4.78 is 26.2. The molecule has 0 amide bonds. The van der Waals surface area contributed by atoms with Crippen LogP contribution in [0.1, 0.15) is 13.3 Å². The fraction of sp³-hybridized carbons (Fsp3) is 0.545. The summed E-state index contributed by atoms with van der Waals surface area (Å²) >= 11 is 0. The van der Waals surface area contributed by atoms with Crippen molar-refractivity contribution in [3.05, 3.63) is 18.3 Å². The first-order chi connectivity index (χ1) is 8.37. The van der Waals surface area contributed by atoms with E-state index in [0.717, 1.165) is 0 Å². The molecule has 100 valence electrons. The van der Waals surface area contributed by atoms with Crippen LogP contribution in [0.4, 0.5) is 5.82 Å². The Hall–Kier alpha value is -1.18. The maximum atomic E-state index is 12.4. The van der Waals surface area contributed by atoms with Crippen LogP contribution in [0, 0.1) is 0 Å². The van der Waals surface area contributed by atoms with Crippen LogP contribution in [0.3, 0.4) is 0 Å². The molecule has 0 aliphatic carbocycles. The first-order valence-corrected chi connectivity index (χ1v) is 7.16. The quantitative estimate of drug-likeness (QED) is 0.824. The standard InChI is InChI=1S/C11H17N3O3S/c1-11(15)5-7-14(8-11)18(16,17)9-4-3-6-13-10(9)12-2/h3-4,6,15H,5,7-8H2,1-2H3,(H,12,13). The Morgan fingerprint density at radius 2 is 2.28 bits per heavy atom. The summed E-state index contributed by atoms with van der Waals surface area (Å²) in [6.45, 7) is 2.09. The number of anilines is 1. The highest BCUT2D eigenvalue weighted by Gasteiger charge is 2.39. The van der Waals surface area contributed by atoms with Gasteiger partial charge < -0.3 is 10.4 Å². The Morgan fingerprint density at radius 3 is 2.83 bits per heavy atom. The molecule has 0 bridgehead atoms. The van der Waals surface area contributed by atoms with Gasteiger partial charge in [-0.3, -0.25) is 0 Å². The average molecular weight is 271 g/mol. The maximum Gasteiger partial charge on any atom is 0.246 e. The molecule has 7 heteroatoms. The van der Waals surface area contributed by atoms with Gasteiger partial charge in [-0.2, -0.15) is 4.31 Å². The topological polar surface area (TPSA) is 82.5 Å². The van der Waals surface area contributed by atoms with Crippen molar-refractivity contribution >= 4 is 15.8 Å². The maximum absolute atomic E-state index is 12.4. The van der Waals surface area contributed by atoms with E-state index in [1.54, 1.807) is 20.0 Å². The second kappa shape index (κ2) is 4.49. The molecule has 2 heterocycles. The summed E-state index contributed by atoms with van der Waals surface area (Å²) in [5, 5.41) is 12.6. The molecule has 6 nitrogen and oxygen atoms in total. The largest absolute Gasteiger partial charge is 0.389 e. The second-order valence-corrected chi connectivity index (χ2v) is 6.59. The van der Waals surface area contributed by atoms with Crippen LogP contribution < -0.4 is 5.32 Å². The smallest absolute Gasteiger partial charge is 0.246 e. The lowest BCUT2D eigenvalue weighted by Crippen LogP contribution is -2.34. The molecule has 0 spiro atoms. The number of nitrogens with one attached hydrogen (secondary N) is 1. The fourth-order valence-corrected chi connectivity index (χ4v) is 3.74. The molecule has 1 fully saturated rings. The van der Waals surface area contributed by atoms with Gasteiger partial charge in [0.1, 0.15) is 10.7 Å². The SMILES string of the molecule is CNc1ncccc1S(=O)(=O)N1CCC(C)(O)C1. The van der Waals surface area contributed by atoms with Gasteiger partial charge in [0, 0.05) is 26.3 Å². The van der Waals surface area contributed by atoms with Crippen LogP contribution in [-0.4, -0.2) is 48.6 Å². The number of hydrogen-bond acceptors (Lipinski definition) is 5. The normalized spacial score (nSPS) is 25.3. The van der Waals surface area contributed by atoms with E-state index in [2.05, 4.69) is 10.3 Å². The van der Waals surface area contributed by atoms with E-state index in [-0.39, 0.29) is 11.4 Å². The Morgan fingerprint density at radius 1 is 1.56 bits per heavy atom. The zero-order valence-corrected chi connectivity index (χ0v) is 11.2. The van der Waals surface area contributed by atoms with Gasteiger partial charge in [-0.05, 0) is 25.5 Å². The van der Waals surface area contributed by atoms with Crippen molar-refractivity contribution in [3.8, 4) is 0 Å². The summed E-state index contributed by atoms with van der Waals surface area (Å²) in [7, 11) is -1.98. The van der Waals surface area contributed by atoms with Crippen LogP contribution >= 0.6 is 0 Å². The molecule has 1 atom stereocenters. The summed E-state index contributed by atoms with van der Waals surface area (Å²) in [4.78, 5) is 4.14. The molecule has 1 aliphatic rings. The number of β-amino-alcohol motifs (C(OH)–C–C–N with tert-alkyl or cyclic N) is 1. The summed E-state index contributed by atoms with van der Waals surface area (Å²) in [5.74, 6) is 0.323. The van der Waals surface area contributed by atoms with Gasteiger partial charge in [-0.1, -0.05) is 0 Å². The molecule has 2 N–H and O–H groups in total. The van der Waals surface area contributed by atoms with E-state index in [9.17, 15) is 13.5 Å². The third kappa shape index (κ3) is 2.33. The van der Waals surface area contributed by atoms with Gasteiger partial charge in [-0.15, -0.1) is 0 Å². The minimum Gasteiger partial charge on any atom is -0.389 e. The predicted octanol–water partition coefficient (Wildman–Crippen LogP) is 0.269. The fourth-order valence-electron chi connectivity index (χ4n) is 2.03. The highest BCUT2D eigenvalue weighted by molar-refractivity contribution is 7.89. The third-order valence-electron chi connectivity index (χ3n) is 3.04. The van der Waals surface area contributed by atoms with Gasteiger partial charge >= 0.3 is 0 Å². The van der Waals surface area contributed by atoms with Crippen LogP contribution in [-0.2, 0) is 10.0 Å². The molecular formula is C11H17N3O3S. The number of nitrogens with zero attached hydrogens (tertiary/aromatic N) is 2. The number of rotatable bonds is 3. The van der Waals surface area contributed by atoms with Crippen molar-refractivity contribution in [2.45, 2.75) is 23.8 Å². The average Bonchev–Trinajstić information content (AvgIpc) is 2.70. The Balaban J connectivity index is 2.38. The Kier molecular flexibility index (Phi) is 3.31. The van der Waals surface area contributed by atoms with Crippen molar-refractivity contribution in [2.75, 3.05) is 25.5 Å². The van der Waals surface area contributed by atoms with Crippen LogP contribution in [0.15, 0.2) is 23.2 Å². The first kappa shape index (κ1) is 13.3. The number of pyridine rings is 1. The van der Waals surface area contributed by atoms with Crippen molar-refractivity contribution in [1.82, 2.24) is 9.29 Å². The third-order valence-corrected chi connectivity index (χ3v) is 4.92. The van der Waals surface area contributed by atoms with E-state index in [1.165, 1.54) is 16.6 Å². The molecule has 0 radical (unpaired) electrons. The summed E-state index contributed by atoms with van der Waals surface area (Å²) in [5.41, 5.74) is -0.949. The number of sulfonamides is 1. The van der Waals surface area contributed by atoms with Crippen LogP contribution in [0.2, 0.25) is 0 Å². The Bertz CT molecular complexity index is 542. The monoisotopic (exact) mass is 271 g/mol.